The van der Waals surface area contributed by atoms with Gasteiger partial charge in [0.25, 0.3) is 5.91 Å². The summed E-state index contributed by atoms with van der Waals surface area (Å²) in [5, 5.41) is 2.64. The highest BCUT2D eigenvalue weighted by molar-refractivity contribution is 5.94. The molecule has 1 N–H and O–H groups in total. The third-order valence-electron chi connectivity index (χ3n) is 4.24. The van der Waals surface area contributed by atoms with Gasteiger partial charge in [0.1, 0.15) is 0 Å². The van der Waals surface area contributed by atoms with E-state index < -0.39 is 0 Å². The van der Waals surface area contributed by atoms with E-state index in [4.69, 9.17) is 4.74 Å². The first-order valence-electron chi connectivity index (χ1n) is 7.87. The molecule has 0 spiro atoms. The number of carbonyl (C=O) groups is 2. The van der Waals surface area contributed by atoms with Crippen molar-refractivity contribution in [1.82, 2.24) is 15.1 Å². The molecule has 1 atom stereocenters. The maximum Gasteiger partial charge on any atom is 0.251 e. The van der Waals surface area contributed by atoms with Crippen molar-refractivity contribution in [2.75, 3.05) is 46.9 Å². The number of methoxy groups -OCH3 is 1. The Labute approximate surface area is 137 Å². The fourth-order valence-electron chi connectivity index (χ4n) is 2.96. The Morgan fingerprint density at radius 2 is 2.13 bits per heavy atom. The number of benzene rings is 1. The predicted molar refractivity (Wildman–Crippen MR) is 88.3 cm³/mol. The Bertz CT molecular complexity index is 562. The zero-order valence-corrected chi connectivity index (χ0v) is 14.0. The molecule has 6 nitrogen and oxygen atoms in total. The highest BCUT2D eigenvalue weighted by atomic mass is 16.5. The van der Waals surface area contributed by atoms with Crippen molar-refractivity contribution in [2.45, 2.75) is 13.0 Å². The summed E-state index contributed by atoms with van der Waals surface area (Å²) in [7, 11) is 3.31. The number of hydrogen-bond acceptors (Lipinski definition) is 4. The molecule has 126 valence electrons. The number of rotatable bonds is 5. The average molecular weight is 319 g/mol. The molecule has 1 aliphatic heterocycles. The monoisotopic (exact) mass is 319 g/mol. The standard InChI is InChI=1S/C17H25N3O3/c1-13(21)20-8-7-19(9-10-23-3)12-16(20)14-5-4-6-15(11-14)17(22)18-2/h4-6,11,16H,7-10,12H2,1-3H3,(H,18,22)/t16-/m1/s1. The second-order valence-corrected chi connectivity index (χ2v) is 5.73. The highest BCUT2D eigenvalue weighted by Crippen LogP contribution is 2.26. The van der Waals surface area contributed by atoms with Crippen LogP contribution in [-0.2, 0) is 9.53 Å². The summed E-state index contributed by atoms with van der Waals surface area (Å²) in [6, 6.07) is 7.47. The van der Waals surface area contributed by atoms with Gasteiger partial charge in [0.2, 0.25) is 5.91 Å². The van der Waals surface area contributed by atoms with E-state index in [0.717, 1.165) is 25.2 Å². The highest BCUT2D eigenvalue weighted by Gasteiger charge is 2.30. The largest absolute Gasteiger partial charge is 0.383 e. The minimum atomic E-state index is -0.117. The molecule has 0 saturated carbocycles. The summed E-state index contributed by atoms with van der Waals surface area (Å²) >= 11 is 0. The first kappa shape index (κ1) is 17.4. The molecule has 0 aliphatic carbocycles. The first-order valence-corrected chi connectivity index (χ1v) is 7.87. The van der Waals surface area contributed by atoms with Crippen LogP contribution >= 0.6 is 0 Å². The molecule has 1 aromatic rings. The SMILES string of the molecule is CNC(=O)c1cccc([C@H]2CN(CCOC)CCN2C(C)=O)c1. The topological polar surface area (TPSA) is 61.9 Å². The molecule has 23 heavy (non-hydrogen) atoms. The van der Waals surface area contributed by atoms with Crippen molar-refractivity contribution in [2.24, 2.45) is 0 Å². The molecule has 1 fully saturated rings. The molecule has 1 saturated heterocycles. The summed E-state index contributed by atoms with van der Waals surface area (Å²) < 4.78 is 5.15. The van der Waals surface area contributed by atoms with Gasteiger partial charge in [0.15, 0.2) is 0 Å². The second kappa shape index (κ2) is 8.08. The second-order valence-electron chi connectivity index (χ2n) is 5.73. The van der Waals surface area contributed by atoms with Gasteiger partial charge in [-0.1, -0.05) is 12.1 Å². The molecule has 2 amide bonds. The van der Waals surface area contributed by atoms with Gasteiger partial charge in [0.05, 0.1) is 12.6 Å². The van der Waals surface area contributed by atoms with Gasteiger partial charge >= 0.3 is 0 Å². The van der Waals surface area contributed by atoms with E-state index in [-0.39, 0.29) is 17.9 Å². The van der Waals surface area contributed by atoms with Crippen LogP contribution in [0.3, 0.4) is 0 Å². The van der Waals surface area contributed by atoms with Gasteiger partial charge in [-0.05, 0) is 17.7 Å². The lowest BCUT2D eigenvalue weighted by Crippen LogP contribution is -2.50. The average Bonchev–Trinajstić information content (AvgIpc) is 2.58. The quantitative estimate of drug-likeness (QED) is 0.876. The van der Waals surface area contributed by atoms with E-state index in [0.29, 0.717) is 18.7 Å². The van der Waals surface area contributed by atoms with Crippen LogP contribution in [0.5, 0.6) is 0 Å². The molecule has 6 heteroatoms. The van der Waals surface area contributed by atoms with Crippen LogP contribution in [0.25, 0.3) is 0 Å². The molecular weight excluding hydrogens is 294 g/mol. The minimum Gasteiger partial charge on any atom is -0.383 e. The smallest absolute Gasteiger partial charge is 0.251 e. The van der Waals surface area contributed by atoms with E-state index in [1.807, 2.05) is 23.1 Å². The van der Waals surface area contributed by atoms with Crippen molar-refractivity contribution >= 4 is 11.8 Å². The number of amides is 2. The molecular formula is C17H25N3O3. The number of carbonyl (C=O) groups excluding carboxylic acids is 2. The normalized spacial score (nSPS) is 18.7. The summed E-state index contributed by atoms with van der Waals surface area (Å²) in [4.78, 5) is 28.0. The zero-order valence-electron chi connectivity index (χ0n) is 14.0. The lowest BCUT2D eigenvalue weighted by Gasteiger charge is -2.41. The van der Waals surface area contributed by atoms with Gasteiger partial charge in [-0.25, -0.2) is 0 Å². The van der Waals surface area contributed by atoms with Crippen LogP contribution in [0, 0.1) is 0 Å². The number of ether oxygens (including phenoxy) is 1. The Hall–Kier alpha value is -1.92. The maximum absolute atomic E-state index is 12.0. The van der Waals surface area contributed by atoms with Crippen molar-refractivity contribution < 1.29 is 14.3 Å². The van der Waals surface area contributed by atoms with Gasteiger partial charge in [0, 0.05) is 52.8 Å². The fourth-order valence-corrected chi connectivity index (χ4v) is 2.96. The zero-order chi connectivity index (χ0) is 16.8. The van der Waals surface area contributed by atoms with Gasteiger partial charge in [-0.2, -0.15) is 0 Å². The Kier molecular flexibility index (Phi) is 6.12. The van der Waals surface area contributed by atoms with Crippen LogP contribution in [0.1, 0.15) is 28.9 Å². The first-order chi connectivity index (χ1) is 11.1. The fraction of sp³-hybridized carbons (Fsp3) is 0.529. The van der Waals surface area contributed by atoms with E-state index in [1.54, 1.807) is 27.1 Å². The maximum atomic E-state index is 12.0. The van der Waals surface area contributed by atoms with E-state index >= 15 is 0 Å². The van der Waals surface area contributed by atoms with Crippen LogP contribution in [0.4, 0.5) is 0 Å². The molecule has 0 bridgehead atoms. The summed E-state index contributed by atoms with van der Waals surface area (Å²) in [5.74, 6) is -0.0555. The molecule has 2 rings (SSSR count). The Balaban J connectivity index is 2.23. The summed E-state index contributed by atoms with van der Waals surface area (Å²) in [6.45, 7) is 5.39. The van der Waals surface area contributed by atoms with E-state index in [2.05, 4.69) is 10.2 Å². The third-order valence-corrected chi connectivity index (χ3v) is 4.24. The van der Waals surface area contributed by atoms with Crippen molar-refractivity contribution in [3.63, 3.8) is 0 Å². The molecule has 0 radical (unpaired) electrons. The van der Waals surface area contributed by atoms with E-state index in [1.165, 1.54) is 0 Å². The number of piperazine rings is 1. The third kappa shape index (κ3) is 4.30. The van der Waals surface area contributed by atoms with Crippen LogP contribution in [0.2, 0.25) is 0 Å². The number of hydrogen-bond donors (Lipinski definition) is 1. The Morgan fingerprint density at radius 1 is 1.35 bits per heavy atom. The van der Waals surface area contributed by atoms with Gasteiger partial charge < -0.3 is 15.0 Å². The van der Waals surface area contributed by atoms with Crippen molar-refractivity contribution in [1.29, 1.82) is 0 Å². The number of nitrogens with zero attached hydrogens (tertiary/aromatic N) is 2. The van der Waals surface area contributed by atoms with E-state index in [9.17, 15) is 9.59 Å². The lowest BCUT2D eigenvalue weighted by molar-refractivity contribution is -0.134. The van der Waals surface area contributed by atoms with Crippen molar-refractivity contribution in [3.8, 4) is 0 Å². The Morgan fingerprint density at radius 3 is 2.78 bits per heavy atom. The molecule has 0 aromatic heterocycles. The van der Waals surface area contributed by atoms with Gasteiger partial charge in [-0.3, -0.25) is 14.5 Å². The molecule has 1 aromatic carbocycles. The van der Waals surface area contributed by atoms with Crippen LogP contribution < -0.4 is 5.32 Å². The van der Waals surface area contributed by atoms with Gasteiger partial charge in [-0.15, -0.1) is 0 Å². The minimum absolute atomic E-state index is 0.0392. The molecule has 1 aliphatic rings. The lowest BCUT2D eigenvalue weighted by atomic mass is 9.99. The summed E-state index contributed by atoms with van der Waals surface area (Å²) in [5.41, 5.74) is 1.60. The molecule has 0 unspecified atom stereocenters. The predicted octanol–water partition coefficient (Wildman–Crippen LogP) is 0.898. The van der Waals surface area contributed by atoms with Crippen molar-refractivity contribution in [3.05, 3.63) is 35.4 Å². The summed E-state index contributed by atoms with van der Waals surface area (Å²) in [6.07, 6.45) is 0. The number of nitrogens with one attached hydrogen (secondary N) is 1. The molecule has 1 heterocycles. The van der Waals surface area contributed by atoms with Crippen LogP contribution in [0.15, 0.2) is 24.3 Å². The van der Waals surface area contributed by atoms with Crippen LogP contribution in [-0.4, -0.2) is 68.6 Å².